The van der Waals surface area contributed by atoms with E-state index in [-0.39, 0.29) is 12.6 Å². The summed E-state index contributed by atoms with van der Waals surface area (Å²) in [5.41, 5.74) is 5.71. The molecular weight excluding hydrogens is 266 g/mol. The van der Waals surface area contributed by atoms with Gasteiger partial charge in [-0.2, -0.15) is 0 Å². The number of carboxylic acid groups (broad SMARTS) is 1. The molecule has 3 N–H and O–H groups in total. The van der Waals surface area contributed by atoms with E-state index in [2.05, 4.69) is 0 Å². The summed E-state index contributed by atoms with van der Waals surface area (Å²) in [7, 11) is 0. The van der Waals surface area contributed by atoms with Gasteiger partial charge in [0, 0.05) is 6.04 Å². The molecule has 1 atom stereocenters. The number of nitrogens with two attached hydrogens (primary N) is 1. The van der Waals surface area contributed by atoms with Gasteiger partial charge in [-0.25, -0.2) is 0 Å². The Balaban J connectivity index is 2.91. The molecule has 0 aromatic heterocycles. The summed E-state index contributed by atoms with van der Waals surface area (Å²) in [5, 5.41) is 9.54. The topological polar surface area (TPSA) is 72.5 Å². The number of para-hydroxylation sites is 1. The molecule has 0 spiro atoms. The number of hydrogen-bond donors (Lipinski definition) is 2. The second-order valence-electron chi connectivity index (χ2n) is 5.39. The molecule has 106 valence electrons. The van der Waals surface area contributed by atoms with E-state index in [9.17, 15) is 4.79 Å². The van der Waals surface area contributed by atoms with Gasteiger partial charge in [0.15, 0.2) is 0 Å². The second-order valence-corrected chi connectivity index (χ2v) is 5.79. The molecular formula is C14H20ClNO3. The van der Waals surface area contributed by atoms with Gasteiger partial charge in [0.05, 0.1) is 10.4 Å². The highest BCUT2D eigenvalue weighted by atomic mass is 35.5. The average Bonchev–Trinajstić information content (AvgIpc) is 2.27. The number of benzene rings is 1. The number of carbonyl (C=O) groups is 1. The lowest BCUT2D eigenvalue weighted by Crippen LogP contribution is -2.31. The lowest BCUT2D eigenvalue weighted by molar-refractivity contribution is -0.148. The number of hydrogen-bond acceptors (Lipinski definition) is 3. The van der Waals surface area contributed by atoms with Gasteiger partial charge >= 0.3 is 5.97 Å². The van der Waals surface area contributed by atoms with Crippen LogP contribution >= 0.6 is 11.6 Å². The van der Waals surface area contributed by atoms with Crippen molar-refractivity contribution in [2.24, 2.45) is 11.1 Å². The number of ether oxygens (including phenoxy) is 1. The highest BCUT2D eigenvalue weighted by molar-refractivity contribution is 6.32. The molecule has 4 nitrogen and oxygen atoms in total. The van der Waals surface area contributed by atoms with Crippen molar-refractivity contribution in [3.8, 4) is 5.75 Å². The van der Waals surface area contributed by atoms with Gasteiger partial charge in [-0.1, -0.05) is 23.7 Å². The van der Waals surface area contributed by atoms with Gasteiger partial charge in [0.1, 0.15) is 12.4 Å². The van der Waals surface area contributed by atoms with Crippen LogP contribution in [-0.2, 0) is 11.2 Å². The highest BCUT2D eigenvalue weighted by Crippen LogP contribution is 2.31. The Kier molecular flexibility index (Phi) is 5.20. The molecule has 0 aliphatic heterocycles. The summed E-state index contributed by atoms with van der Waals surface area (Å²) < 4.78 is 5.63. The van der Waals surface area contributed by atoms with Gasteiger partial charge in [-0.05, 0) is 38.8 Å². The first-order chi connectivity index (χ1) is 8.74. The predicted octanol–water partition coefficient (Wildman–Crippen LogP) is 2.72. The van der Waals surface area contributed by atoms with Gasteiger partial charge < -0.3 is 15.6 Å². The summed E-state index contributed by atoms with van der Waals surface area (Å²) in [6, 6.07) is 5.41. The van der Waals surface area contributed by atoms with Crippen LogP contribution in [-0.4, -0.2) is 23.7 Å². The van der Waals surface area contributed by atoms with E-state index in [1.807, 2.05) is 19.1 Å². The molecule has 0 aliphatic carbocycles. The van der Waals surface area contributed by atoms with E-state index < -0.39 is 11.4 Å². The van der Waals surface area contributed by atoms with Crippen molar-refractivity contribution in [2.45, 2.75) is 33.2 Å². The van der Waals surface area contributed by atoms with Crippen molar-refractivity contribution in [2.75, 3.05) is 6.61 Å². The summed E-state index contributed by atoms with van der Waals surface area (Å²) in [6.07, 6.45) is 0.628. The summed E-state index contributed by atoms with van der Waals surface area (Å²) in [4.78, 5) is 11.1. The zero-order chi connectivity index (χ0) is 14.6. The van der Waals surface area contributed by atoms with Crippen molar-refractivity contribution in [1.82, 2.24) is 0 Å². The highest BCUT2D eigenvalue weighted by Gasteiger charge is 2.28. The zero-order valence-corrected chi connectivity index (χ0v) is 12.2. The van der Waals surface area contributed by atoms with Crippen LogP contribution in [0.3, 0.4) is 0 Å². The maximum Gasteiger partial charge on any atom is 0.312 e. The third-order valence-electron chi connectivity index (χ3n) is 2.75. The molecule has 0 heterocycles. The minimum absolute atomic E-state index is 0.0201. The van der Waals surface area contributed by atoms with Crippen LogP contribution in [0.4, 0.5) is 0 Å². The predicted molar refractivity (Wildman–Crippen MR) is 75.7 cm³/mol. The summed E-state index contributed by atoms with van der Waals surface area (Å²) in [6.45, 7) is 5.17. The molecule has 0 aliphatic rings. The second kappa shape index (κ2) is 6.26. The van der Waals surface area contributed by atoms with Crippen molar-refractivity contribution in [3.05, 3.63) is 28.8 Å². The Labute approximate surface area is 118 Å². The van der Waals surface area contributed by atoms with E-state index in [0.717, 1.165) is 5.56 Å². The van der Waals surface area contributed by atoms with Crippen LogP contribution in [0.15, 0.2) is 18.2 Å². The minimum atomic E-state index is -0.967. The summed E-state index contributed by atoms with van der Waals surface area (Å²) in [5.74, 6) is -0.385. The van der Waals surface area contributed by atoms with Gasteiger partial charge in [0.25, 0.3) is 0 Å². The normalized spacial score (nSPS) is 13.1. The van der Waals surface area contributed by atoms with Crippen LogP contribution in [0.25, 0.3) is 0 Å². The molecule has 1 rings (SSSR count). The standard InChI is InChI=1S/C14H20ClNO3/c1-9(16)7-10-5-4-6-11(15)12(10)19-8-14(2,3)13(17)18/h4-6,9H,7-8,16H2,1-3H3,(H,17,18). The Morgan fingerprint density at radius 3 is 2.68 bits per heavy atom. The first-order valence-electron chi connectivity index (χ1n) is 6.13. The molecule has 0 saturated carbocycles. The van der Waals surface area contributed by atoms with Crippen molar-refractivity contribution in [3.63, 3.8) is 0 Å². The molecule has 1 aromatic carbocycles. The summed E-state index contributed by atoms with van der Waals surface area (Å²) >= 11 is 6.11. The maximum absolute atomic E-state index is 11.1. The molecule has 0 fully saturated rings. The van der Waals surface area contributed by atoms with Gasteiger partial charge in [-0.15, -0.1) is 0 Å². The molecule has 0 radical (unpaired) electrons. The number of carboxylic acids is 1. The number of aliphatic carboxylic acids is 1. The van der Waals surface area contributed by atoms with Crippen LogP contribution in [0.1, 0.15) is 26.3 Å². The third kappa shape index (κ3) is 4.40. The smallest absolute Gasteiger partial charge is 0.312 e. The SMILES string of the molecule is CC(N)Cc1cccc(Cl)c1OCC(C)(C)C(=O)O. The molecule has 1 aromatic rings. The Bertz CT molecular complexity index is 458. The number of rotatable bonds is 6. The molecule has 0 saturated heterocycles. The van der Waals surface area contributed by atoms with Crippen LogP contribution in [0, 0.1) is 5.41 Å². The minimum Gasteiger partial charge on any atom is -0.491 e. The van der Waals surface area contributed by atoms with Gasteiger partial charge in [0.2, 0.25) is 0 Å². The first-order valence-corrected chi connectivity index (χ1v) is 6.51. The molecule has 0 amide bonds. The zero-order valence-electron chi connectivity index (χ0n) is 11.4. The quantitative estimate of drug-likeness (QED) is 0.843. The fourth-order valence-corrected chi connectivity index (χ4v) is 1.79. The molecule has 0 bridgehead atoms. The van der Waals surface area contributed by atoms with Crippen molar-refractivity contribution < 1.29 is 14.6 Å². The van der Waals surface area contributed by atoms with Crippen LogP contribution < -0.4 is 10.5 Å². The van der Waals surface area contributed by atoms with E-state index in [0.29, 0.717) is 17.2 Å². The fraction of sp³-hybridized carbons (Fsp3) is 0.500. The van der Waals surface area contributed by atoms with Crippen molar-refractivity contribution in [1.29, 1.82) is 0 Å². The Hall–Kier alpha value is -1.26. The maximum atomic E-state index is 11.1. The number of halogens is 1. The van der Waals surface area contributed by atoms with Crippen LogP contribution in [0.5, 0.6) is 5.75 Å². The molecule has 1 unspecified atom stereocenters. The average molecular weight is 286 g/mol. The lowest BCUT2D eigenvalue weighted by Gasteiger charge is -2.22. The lowest BCUT2D eigenvalue weighted by atomic mass is 9.95. The third-order valence-corrected chi connectivity index (χ3v) is 3.04. The molecule has 19 heavy (non-hydrogen) atoms. The van der Waals surface area contributed by atoms with Crippen molar-refractivity contribution >= 4 is 17.6 Å². The Morgan fingerprint density at radius 2 is 2.16 bits per heavy atom. The fourth-order valence-electron chi connectivity index (χ4n) is 1.54. The van der Waals surface area contributed by atoms with E-state index in [1.165, 1.54) is 0 Å². The van der Waals surface area contributed by atoms with E-state index in [4.69, 9.17) is 27.2 Å². The van der Waals surface area contributed by atoms with Crippen LogP contribution in [0.2, 0.25) is 5.02 Å². The van der Waals surface area contributed by atoms with E-state index >= 15 is 0 Å². The molecule has 5 heteroatoms. The largest absolute Gasteiger partial charge is 0.491 e. The monoisotopic (exact) mass is 285 g/mol. The van der Waals surface area contributed by atoms with E-state index in [1.54, 1.807) is 19.9 Å². The first kappa shape index (κ1) is 15.8. The van der Waals surface area contributed by atoms with Gasteiger partial charge in [-0.3, -0.25) is 4.79 Å². The Morgan fingerprint density at radius 1 is 1.53 bits per heavy atom.